The van der Waals surface area contributed by atoms with Crippen molar-refractivity contribution < 1.29 is 4.79 Å². The number of nitrogens with one attached hydrogen (secondary N) is 1. The van der Waals surface area contributed by atoms with E-state index in [-0.39, 0.29) is 11.7 Å². The topological polar surface area (TPSA) is 80.9 Å². The quantitative estimate of drug-likeness (QED) is 0.599. The molecule has 0 saturated carbocycles. The first-order valence-electron chi connectivity index (χ1n) is 4.09. The Hall–Kier alpha value is -1.65. The Morgan fingerprint density at radius 2 is 2.23 bits per heavy atom. The maximum Gasteiger partial charge on any atom is 0.222 e. The van der Waals surface area contributed by atoms with Crippen LogP contribution >= 0.6 is 0 Å². The van der Waals surface area contributed by atoms with Gasteiger partial charge in [0.1, 0.15) is 5.82 Å². The number of nitrogens with two attached hydrogens (primary N) is 1. The van der Waals surface area contributed by atoms with E-state index < -0.39 is 0 Å². The molecular formula is C8H10N4O. The van der Waals surface area contributed by atoms with E-state index in [1.54, 1.807) is 6.92 Å². The predicted octanol–water partition coefficient (Wildman–Crippen LogP) is 0.366. The van der Waals surface area contributed by atoms with Gasteiger partial charge in [-0.05, 0) is 6.92 Å². The Labute approximate surface area is 75.4 Å². The lowest BCUT2D eigenvalue weighted by atomic mass is 10.0. The third kappa shape index (κ3) is 1.22. The van der Waals surface area contributed by atoms with Crippen LogP contribution in [0, 0.1) is 6.92 Å². The number of nitrogens with zero attached hydrogens (tertiary/aromatic N) is 2. The van der Waals surface area contributed by atoms with Gasteiger partial charge in [0.2, 0.25) is 5.95 Å². The van der Waals surface area contributed by atoms with Crippen molar-refractivity contribution in [2.24, 2.45) is 0 Å². The number of rotatable bonds is 0. The zero-order valence-electron chi connectivity index (χ0n) is 7.29. The summed E-state index contributed by atoms with van der Waals surface area (Å²) in [6, 6.07) is 0. The second-order valence-corrected chi connectivity index (χ2v) is 2.99. The van der Waals surface area contributed by atoms with Crippen LogP contribution in [0.2, 0.25) is 0 Å². The van der Waals surface area contributed by atoms with Crippen molar-refractivity contribution in [3.05, 3.63) is 11.3 Å². The van der Waals surface area contributed by atoms with Crippen molar-refractivity contribution in [2.45, 2.75) is 13.3 Å². The fourth-order valence-electron chi connectivity index (χ4n) is 1.48. The van der Waals surface area contributed by atoms with Crippen LogP contribution in [-0.4, -0.2) is 22.3 Å². The van der Waals surface area contributed by atoms with Crippen LogP contribution in [0.25, 0.3) is 0 Å². The smallest absolute Gasteiger partial charge is 0.222 e. The van der Waals surface area contributed by atoms with Gasteiger partial charge in [-0.3, -0.25) is 4.79 Å². The van der Waals surface area contributed by atoms with E-state index >= 15 is 0 Å². The molecule has 1 aliphatic heterocycles. The first-order valence-corrected chi connectivity index (χ1v) is 4.09. The van der Waals surface area contributed by atoms with Gasteiger partial charge in [-0.15, -0.1) is 0 Å². The summed E-state index contributed by atoms with van der Waals surface area (Å²) in [5, 5.41) is 3.02. The number of anilines is 2. The van der Waals surface area contributed by atoms with Gasteiger partial charge in [0.05, 0.1) is 11.3 Å². The number of hydrogen-bond acceptors (Lipinski definition) is 5. The molecule has 5 heteroatoms. The number of fused-ring (bicyclic) bond motifs is 1. The summed E-state index contributed by atoms with van der Waals surface area (Å²) in [5.74, 6) is 0.867. The lowest BCUT2D eigenvalue weighted by Crippen LogP contribution is -2.21. The van der Waals surface area contributed by atoms with Crippen LogP contribution in [0.4, 0.5) is 11.8 Å². The number of carbonyl (C=O) groups excluding carboxylic acids is 1. The molecule has 0 amide bonds. The maximum absolute atomic E-state index is 11.5. The van der Waals surface area contributed by atoms with Crippen molar-refractivity contribution in [1.82, 2.24) is 9.97 Å². The van der Waals surface area contributed by atoms with Gasteiger partial charge in [0.15, 0.2) is 5.78 Å². The summed E-state index contributed by atoms with van der Waals surface area (Å²) >= 11 is 0. The average molecular weight is 178 g/mol. The summed E-state index contributed by atoms with van der Waals surface area (Å²) in [6.45, 7) is 2.39. The van der Waals surface area contributed by atoms with Gasteiger partial charge in [-0.25, -0.2) is 4.98 Å². The highest BCUT2D eigenvalue weighted by Gasteiger charge is 2.21. The number of aryl methyl sites for hydroxylation is 1. The Morgan fingerprint density at radius 3 is 3.00 bits per heavy atom. The summed E-state index contributed by atoms with van der Waals surface area (Å²) < 4.78 is 0. The van der Waals surface area contributed by atoms with E-state index in [2.05, 4.69) is 15.3 Å². The molecule has 5 nitrogen and oxygen atoms in total. The fraction of sp³-hybridized carbons (Fsp3) is 0.375. The van der Waals surface area contributed by atoms with Crippen LogP contribution in [0.3, 0.4) is 0 Å². The van der Waals surface area contributed by atoms with Crippen molar-refractivity contribution in [2.75, 3.05) is 17.6 Å². The van der Waals surface area contributed by atoms with Crippen LogP contribution in [0.1, 0.15) is 22.5 Å². The van der Waals surface area contributed by atoms with Gasteiger partial charge in [-0.1, -0.05) is 0 Å². The molecule has 1 aromatic rings. The second kappa shape index (κ2) is 2.69. The van der Waals surface area contributed by atoms with Crippen LogP contribution in [0.15, 0.2) is 0 Å². The van der Waals surface area contributed by atoms with Crippen molar-refractivity contribution in [3.8, 4) is 0 Å². The van der Waals surface area contributed by atoms with Crippen molar-refractivity contribution in [3.63, 3.8) is 0 Å². The minimum absolute atomic E-state index is 0.0891. The summed E-state index contributed by atoms with van der Waals surface area (Å²) in [6.07, 6.45) is 0.501. The largest absolute Gasteiger partial charge is 0.369 e. The fourth-order valence-corrected chi connectivity index (χ4v) is 1.48. The first kappa shape index (κ1) is 7.97. The first-order chi connectivity index (χ1) is 6.18. The second-order valence-electron chi connectivity index (χ2n) is 2.99. The molecule has 0 aromatic carbocycles. The molecule has 2 heterocycles. The molecule has 0 fully saturated rings. The molecule has 0 saturated heterocycles. The van der Waals surface area contributed by atoms with Gasteiger partial charge in [-0.2, -0.15) is 4.98 Å². The molecule has 0 atom stereocenters. The van der Waals surface area contributed by atoms with E-state index in [1.807, 2.05) is 0 Å². The minimum atomic E-state index is 0.0891. The summed E-state index contributed by atoms with van der Waals surface area (Å²) in [4.78, 5) is 19.4. The van der Waals surface area contributed by atoms with Crippen LogP contribution < -0.4 is 11.1 Å². The van der Waals surface area contributed by atoms with Crippen molar-refractivity contribution in [1.29, 1.82) is 0 Å². The Balaban J connectivity index is 2.63. The van der Waals surface area contributed by atoms with E-state index in [4.69, 9.17) is 5.73 Å². The van der Waals surface area contributed by atoms with Crippen LogP contribution in [0.5, 0.6) is 0 Å². The third-order valence-electron chi connectivity index (χ3n) is 2.03. The maximum atomic E-state index is 11.5. The summed E-state index contributed by atoms with van der Waals surface area (Å²) in [5.41, 5.74) is 6.69. The highest BCUT2D eigenvalue weighted by molar-refractivity contribution is 6.03. The molecular weight excluding hydrogens is 168 g/mol. The lowest BCUT2D eigenvalue weighted by Gasteiger charge is -2.17. The zero-order chi connectivity index (χ0) is 9.42. The Kier molecular flexibility index (Phi) is 1.65. The molecule has 2 rings (SSSR count). The molecule has 1 aliphatic rings. The molecule has 0 spiro atoms. The average Bonchev–Trinajstić information content (AvgIpc) is 2.02. The molecule has 1 aromatic heterocycles. The third-order valence-corrected chi connectivity index (χ3v) is 2.03. The molecule has 0 radical (unpaired) electrons. The number of Topliss-reactive ketones (excluding diaryl/α,β-unsaturated/α-hetero) is 1. The number of ketones is 1. The zero-order valence-corrected chi connectivity index (χ0v) is 7.29. The standard InChI is InChI=1S/C8H10N4O/c1-4-6-5(13)2-3-10-7(6)12-8(9)11-4/h2-3H2,1H3,(H3,9,10,11,12). The van der Waals surface area contributed by atoms with E-state index in [0.717, 1.165) is 0 Å². The highest BCUT2D eigenvalue weighted by atomic mass is 16.1. The SMILES string of the molecule is Cc1nc(N)nc2c1C(=O)CCN2. The van der Waals surface area contributed by atoms with Gasteiger partial charge >= 0.3 is 0 Å². The number of hydrogen-bond donors (Lipinski definition) is 2. The van der Waals surface area contributed by atoms with Gasteiger partial charge in [0.25, 0.3) is 0 Å². The molecule has 13 heavy (non-hydrogen) atoms. The van der Waals surface area contributed by atoms with Gasteiger partial charge in [0, 0.05) is 13.0 Å². The minimum Gasteiger partial charge on any atom is -0.369 e. The van der Waals surface area contributed by atoms with Crippen molar-refractivity contribution >= 4 is 17.5 Å². The van der Waals surface area contributed by atoms with E-state index in [0.29, 0.717) is 30.0 Å². The van der Waals surface area contributed by atoms with E-state index in [9.17, 15) is 4.79 Å². The molecule has 0 bridgehead atoms. The van der Waals surface area contributed by atoms with E-state index in [1.165, 1.54) is 0 Å². The molecule has 0 unspecified atom stereocenters. The number of aromatic nitrogens is 2. The number of nitrogen functional groups attached to an aromatic ring is 1. The molecule has 68 valence electrons. The molecule has 0 aliphatic carbocycles. The Bertz CT molecular complexity index is 375. The van der Waals surface area contributed by atoms with Gasteiger partial charge < -0.3 is 11.1 Å². The monoisotopic (exact) mass is 178 g/mol. The molecule has 3 N–H and O–H groups in total. The highest BCUT2D eigenvalue weighted by Crippen LogP contribution is 2.22. The number of carbonyl (C=O) groups is 1. The lowest BCUT2D eigenvalue weighted by molar-refractivity contribution is 0.0982. The normalized spacial score (nSPS) is 15.0. The predicted molar refractivity (Wildman–Crippen MR) is 48.6 cm³/mol. The Morgan fingerprint density at radius 1 is 1.46 bits per heavy atom. The van der Waals surface area contributed by atoms with Crippen LogP contribution in [-0.2, 0) is 0 Å². The summed E-state index contributed by atoms with van der Waals surface area (Å²) in [7, 11) is 0.